The lowest BCUT2D eigenvalue weighted by molar-refractivity contribution is -0.873. The molecule has 0 amide bonds. The lowest BCUT2D eigenvalue weighted by Gasteiger charge is -2.30. The smallest absolute Gasteiger partial charge is 0.142 e. The molecule has 0 aromatic rings. The van der Waals surface area contributed by atoms with E-state index in [1.165, 1.54) is 0 Å². The van der Waals surface area contributed by atoms with Crippen LogP contribution in [0.2, 0.25) is 0 Å². The van der Waals surface area contributed by atoms with Crippen LogP contribution in [-0.4, -0.2) is 44.4 Å². The van der Waals surface area contributed by atoms with Crippen LogP contribution in [0.5, 0.6) is 0 Å². The Hall–Kier alpha value is -0.0400. The summed E-state index contributed by atoms with van der Waals surface area (Å²) in [4.78, 5) is 0. The van der Waals surface area contributed by atoms with Crippen molar-refractivity contribution in [1.82, 2.24) is 0 Å². The van der Waals surface area contributed by atoms with Crippen molar-refractivity contribution in [2.75, 3.05) is 27.7 Å². The summed E-state index contributed by atoms with van der Waals surface area (Å²) in [6, 6.07) is 0. The highest BCUT2D eigenvalue weighted by Crippen LogP contribution is 1.97. The van der Waals surface area contributed by atoms with Gasteiger partial charge in [-0.25, -0.2) is 0 Å². The van der Waals surface area contributed by atoms with Gasteiger partial charge in [0, 0.05) is 0 Å². The number of ether oxygens (including phenoxy) is 1. The van der Waals surface area contributed by atoms with Gasteiger partial charge in [0.2, 0.25) is 0 Å². The summed E-state index contributed by atoms with van der Waals surface area (Å²) in [5, 5.41) is 16.7. The number of likely N-dealkylation sites (N-methyl/N-ethyl adjacent to an activating group) is 1. The first-order chi connectivity index (χ1) is 4.81. The van der Waals surface area contributed by atoms with E-state index in [1.807, 2.05) is 21.1 Å². The average Bonchev–Trinajstić information content (AvgIpc) is 1.53. The molecule has 1 N–H and O–H groups in total. The molecule has 0 fully saturated rings. The van der Waals surface area contributed by atoms with E-state index in [0.717, 1.165) is 11.0 Å². The van der Waals surface area contributed by atoms with Crippen LogP contribution in [-0.2, 0) is 4.74 Å². The monoisotopic (exact) mass is 288 g/mol. The van der Waals surface area contributed by atoms with Crippen LogP contribution in [0.15, 0.2) is 0 Å². The molecule has 0 heterocycles. The Morgan fingerprint density at radius 3 is 2.17 bits per heavy atom. The molecule has 74 valence electrons. The molecule has 0 aliphatic heterocycles. The summed E-state index contributed by atoms with van der Waals surface area (Å²) in [5.74, 6) is 0. The number of hydrogen-bond donors (Lipinski definition) is 1. The van der Waals surface area contributed by atoms with Gasteiger partial charge < -0.3 is 14.3 Å². The van der Waals surface area contributed by atoms with Gasteiger partial charge in [0.15, 0.2) is 0 Å². The van der Waals surface area contributed by atoms with E-state index in [4.69, 9.17) is 5.41 Å². The number of rotatable bonds is 3. The molecule has 4 nitrogen and oxygen atoms in total. The Morgan fingerprint density at radius 2 is 1.92 bits per heavy atom. The Morgan fingerprint density at radius 1 is 1.50 bits per heavy atom. The molecule has 0 aromatic carbocycles. The standard InChI is InChI=1S/C7H16N2O2.HI/c1-6(11-7(8)10)5-9(2,3)4;/h6H,5H2,1-4H3,(H-,8,10);1H. The summed E-state index contributed by atoms with van der Waals surface area (Å²) in [6.07, 6.45) is -1.13. The lowest BCUT2D eigenvalue weighted by atomic mass is 10.3. The molecule has 0 saturated heterocycles. The second-order valence-corrected chi connectivity index (χ2v) is 3.69. The Labute approximate surface area is 90.6 Å². The fourth-order valence-electron chi connectivity index (χ4n) is 0.991. The lowest BCUT2D eigenvalue weighted by Crippen LogP contribution is -2.42. The maximum Gasteiger partial charge on any atom is 0.142 e. The predicted molar refractivity (Wildman–Crippen MR) is 56.6 cm³/mol. The quantitative estimate of drug-likeness (QED) is 0.344. The van der Waals surface area contributed by atoms with Gasteiger partial charge >= 0.3 is 0 Å². The number of nitrogens with zero attached hydrogens (tertiary/aromatic N) is 1. The van der Waals surface area contributed by atoms with Crippen LogP contribution >= 0.6 is 24.0 Å². The summed E-state index contributed by atoms with van der Waals surface area (Å²) in [5.41, 5.74) is 0. The molecule has 1 unspecified atom stereocenters. The van der Waals surface area contributed by atoms with Crippen LogP contribution in [0.4, 0.5) is 0 Å². The van der Waals surface area contributed by atoms with Gasteiger partial charge in [-0.2, -0.15) is 0 Å². The van der Waals surface area contributed by atoms with Crippen molar-refractivity contribution < 1.29 is 14.3 Å². The van der Waals surface area contributed by atoms with E-state index in [0.29, 0.717) is 0 Å². The van der Waals surface area contributed by atoms with Gasteiger partial charge in [-0.05, 0) is 6.92 Å². The van der Waals surface area contributed by atoms with Crippen molar-refractivity contribution in [3.63, 3.8) is 0 Å². The third kappa shape index (κ3) is 9.96. The zero-order valence-electron chi connectivity index (χ0n) is 7.96. The van der Waals surface area contributed by atoms with E-state index >= 15 is 0 Å². The molecule has 0 aliphatic carbocycles. The fourth-order valence-corrected chi connectivity index (χ4v) is 0.991. The van der Waals surface area contributed by atoms with Gasteiger partial charge in [0.25, 0.3) is 0 Å². The first kappa shape index (κ1) is 14.5. The molecule has 0 radical (unpaired) electrons. The highest BCUT2D eigenvalue weighted by atomic mass is 127. The highest BCUT2D eigenvalue weighted by molar-refractivity contribution is 14.0. The summed E-state index contributed by atoms with van der Waals surface area (Å²) in [6.45, 7) is 2.51. The second kappa shape index (κ2) is 5.58. The minimum atomic E-state index is -0.953. The maximum absolute atomic E-state index is 10.2. The van der Waals surface area contributed by atoms with E-state index in [9.17, 15) is 5.11 Å². The second-order valence-electron chi connectivity index (χ2n) is 3.69. The molecule has 0 rings (SSSR count). The SMILES string of the molecule is CC(C[N+](C)(C)C)OC(=N)[O-].I. The molecule has 0 bridgehead atoms. The van der Waals surface area contributed by atoms with Gasteiger partial charge in [-0.15, -0.1) is 24.0 Å². The van der Waals surface area contributed by atoms with Crippen LogP contribution in [0.1, 0.15) is 6.92 Å². The van der Waals surface area contributed by atoms with E-state index < -0.39 is 6.08 Å². The molecule has 1 atom stereocenters. The Balaban J connectivity index is 0. The fraction of sp³-hybridized carbons (Fsp3) is 0.857. The number of quaternary nitrogens is 1. The Bertz CT molecular complexity index is 145. The van der Waals surface area contributed by atoms with Gasteiger partial charge in [0.1, 0.15) is 6.08 Å². The van der Waals surface area contributed by atoms with Crippen molar-refractivity contribution >= 4 is 30.1 Å². The number of nitrogens with one attached hydrogen (secondary N) is 1. The van der Waals surface area contributed by atoms with E-state index in [2.05, 4.69) is 4.74 Å². The highest BCUT2D eigenvalue weighted by Gasteiger charge is 2.10. The van der Waals surface area contributed by atoms with Crippen LogP contribution in [0, 0.1) is 5.41 Å². The molecule has 0 spiro atoms. The van der Waals surface area contributed by atoms with Crippen molar-refractivity contribution in [2.24, 2.45) is 0 Å². The molecule has 12 heavy (non-hydrogen) atoms. The summed E-state index contributed by atoms with van der Waals surface area (Å²) >= 11 is 0. The zero-order chi connectivity index (χ0) is 9.07. The first-order valence-electron chi connectivity index (χ1n) is 3.54. The first-order valence-corrected chi connectivity index (χ1v) is 3.54. The van der Waals surface area contributed by atoms with Gasteiger partial charge in [-0.1, -0.05) is 0 Å². The molecule has 0 aromatic heterocycles. The van der Waals surface area contributed by atoms with Crippen molar-refractivity contribution in [1.29, 1.82) is 5.41 Å². The van der Waals surface area contributed by atoms with Crippen molar-refractivity contribution in [2.45, 2.75) is 13.0 Å². The van der Waals surface area contributed by atoms with Crippen molar-refractivity contribution in [3.8, 4) is 0 Å². The van der Waals surface area contributed by atoms with Crippen LogP contribution < -0.4 is 5.11 Å². The molecule has 0 aliphatic rings. The largest absolute Gasteiger partial charge is 0.592 e. The topological polar surface area (TPSA) is 56.1 Å². The zero-order valence-corrected chi connectivity index (χ0v) is 10.3. The molecular weight excluding hydrogens is 271 g/mol. The van der Waals surface area contributed by atoms with E-state index in [1.54, 1.807) is 6.92 Å². The molecule has 0 saturated carbocycles. The van der Waals surface area contributed by atoms with Gasteiger partial charge in [-0.3, -0.25) is 5.41 Å². The van der Waals surface area contributed by atoms with E-state index in [-0.39, 0.29) is 30.1 Å². The predicted octanol–water partition coefficient (Wildman–Crippen LogP) is 0.0108. The minimum absolute atomic E-state index is 0. The summed E-state index contributed by atoms with van der Waals surface area (Å²) < 4.78 is 5.37. The number of hydrogen-bond acceptors (Lipinski definition) is 3. The number of halogens is 1. The molecule has 5 heteroatoms. The summed E-state index contributed by atoms with van der Waals surface area (Å²) in [7, 11) is 6.02. The maximum atomic E-state index is 10.2. The third-order valence-corrected chi connectivity index (χ3v) is 1.11. The Kier molecular flexibility index (Phi) is 6.73. The van der Waals surface area contributed by atoms with Crippen LogP contribution in [0.25, 0.3) is 0 Å². The average molecular weight is 288 g/mol. The van der Waals surface area contributed by atoms with Crippen LogP contribution in [0.3, 0.4) is 0 Å². The normalized spacial score (nSPS) is 13.0. The van der Waals surface area contributed by atoms with Gasteiger partial charge in [0.05, 0.1) is 33.8 Å². The molecular formula is C7H17IN2O2. The minimum Gasteiger partial charge on any atom is -0.592 e. The van der Waals surface area contributed by atoms with Crippen molar-refractivity contribution in [3.05, 3.63) is 0 Å². The third-order valence-electron chi connectivity index (χ3n) is 1.11.